The lowest BCUT2D eigenvalue weighted by atomic mass is 9.99. The van der Waals surface area contributed by atoms with Crippen LogP contribution in [0, 0.1) is 13.8 Å². The van der Waals surface area contributed by atoms with Crippen molar-refractivity contribution < 1.29 is 19.2 Å². The molecule has 7 heteroatoms. The molecule has 0 spiro atoms. The second-order valence-corrected chi connectivity index (χ2v) is 5.08. The quantitative estimate of drug-likeness (QED) is 0.874. The van der Waals surface area contributed by atoms with Crippen LogP contribution in [-0.4, -0.2) is 33.7 Å². The predicted octanol–water partition coefficient (Wildman–Crippen LogP) is 1.92. The van der Waals surface area contributed by atoms with E-state index in [-0.39, 0.29) is 23.1 Å². The summed E-state index contributed by atoms with van der Waals surface area (Å²) in [5.41, 5.74) is 1.88. The zero-order chi connectivity index (χ0) is 16.3. The lowest BCUT2D eigenvalue weighted by molar-refractivity contribution is 0.0690. The molecular formula is C15H17N3O4. The van der Waals surface area contributed by atoms with E-state index in [0.717, 1.165) is 17.0 Å². The molecule has 0 radical (unpaired) electrons. The topological polar surface area (TPSA) is 105 Å². The second-order valence-electron chi connectivity index (χ2n) is 5.08. The molecule has 0 bridgehead atoms. The summed E-state index contributed by atoms with van der Waals surface area (Å²) in [5.74, 6) is -0.741. The first-order chi connectivity index (χ1) is 10.4. The van der Waals surface area contributed by atoms with E-state index < -0.39 is 5.97 Å². The van der Waals surface area contributed by atoms with Gasteiger partial charge in [-0.15, -0.1) is 0 Å². The largest absolute Gasteiger partial charge is 0.477 e. The van der Waals surface area contributed by atoms with E-state index in [0.29, 0.717) is 6.54 Å². The molecule has 7 nitrogen and oxygen atoms in total. The van der Waals surface area contributed by atoms with Crippen LogP contribution in [0.2, 0.25) is 0 Å². The summed E-state index contributed by atoms with van der Waals surface area (Å²) >= 11 is 0. The maximum atomic E-state index is 12.1. The highest BCUT2D eigenvalue weighted by Crippen LogP contribution is 2.22. The fraction of sp³-hybridized carbons (Fsp3) is 0.333. The number of pyridine rings is 1. The van der Waals surface area contributed by atoms with E-state index in [1.807, 2.05) is 20.8 Å². The first-order valence-electron chi connectivity index (χ1n) is 6.80. The monoisotopic (exact) mass is 303 g/mol. The van der Waals surface area contributed by atoms with Crippen LogP contribution in [-0.2, 0) is 0 Å². The van der Waals surface area contributed by atoms with Gasteiger partial charge in [-0.05, 0) is 26.0 Å². The van der Waals surface area contributed by atoms with Gasteiger partial charge in [-0.3, -0.25) is 4.79 Å². The van der Waals surface area contributed by atoms with Gasteiger partial charge in [0.1, 0.15) is 11.5 Å². The molecule has 0 aliphatic heterocycles. The highest BCUT2D eigenvalue weighted by atomic mass is 16.5. The smallest absolute Gasteiger partial charge is 0.354 e. The van der Waals surface area contributed by atoms with Gasteiger partial charge in [-0.25, -0.2) is 9.78 Å². The van der Waals surface area contributed by atoms with Gasteiger partial charge in [0, 0.05) is 29.8 Å². The molecule has 2 N–H and O–H groups in total. The molecular weight excluding hydrogens is 286 g/mol. The van der Waals surface area contributed by atoms with E-state index in [1.54, 1.807) is 0 Å². The summed E-state index contributed by atoms with van der Waals surface area (Å²) in [6.45, 7) is 6.04. The molecule has 0 aromatic carbocycles. The molecule has 2 rings (SSSR count). The van der Waals surface area contributed by atoms with Crippen molar-refractivity contribution in [3.05, 3.63) is 46.6 Å². The van der Waals surface area contributed by atoms with Crippen molar-refractivity contribution >= 4 is 11.9 Å². The number of carboxylic acid groups (broad SMARTS) is 1. The number of nitrogens with one attached hydrogen (secondary N) is 1. The summed E-state index contributed by atoms with van der Waals surface area (Å²) in [6.07, 6.45) is 1.30. The maximum Gasteiger partial charge on any atom is 0.354 e. The number of hydrogen-bond donors (Lipinski definition) is 2. The van der Waals surface area contributed by atoms with E-state index in [4.69, 9.17) is 9.63 Å². The van der Waals surface area contributed by atoms with Crippen LogP contribution in [0.25, 0.3) is 0 Å². The van der Waals surface area contributed by atoms with Gasteiger partial charge in [-0.2, -0.15) is 0 Å². The number of amides is 1. The van der Waals surface area contributed by atoms with Gasteiger partial charge in [0.25, 0.3) is 5.91 Å². The molecule has 116 valence electrons. The molecule has 1 amide bonds. The normalized spacial score (nSPS) is 12.0. The fourth-order valence-corrected chi connectivity index (χ4v) is 2.33. The number of rotatable bonds is 5. The minimum atomic E-state index is -1.17. The Morgan fingerprint density at radius 1 is 1.41 bits per heavy atom. The zero-order valence-corrected chi connectivity index (χ0v) is 12.6. The first-order valence-corrected chi connectivity index (χ1v) is 6.80. The van der Waals surface area contributed by atoms with Gasteiger partial charge in [0.2, 0.25) is 0 Å². The van der Waals surface area contributed by atoms with Gasteiger partial charge in [0.05, 0.1) is 5.69 Å². The Morgan fingerprint density at radius 2 is 2.14 bits per heavy atom. The Bertz CT molecular complexity index is 689. The lowest BCUT2D eigenvalue weighted by Gasteiger charge is -2.12. The van der Waals surface area contributed by atoms with Crippen LogP contribution in [0.4, 0.5) is 0 Å². The summed E-state index contributed by atoms with van der Waals surface area (Å²) in [5, 5.41) is 15.6. The van der Waals surface area contributed by atoms with Crippen molar-refractivity contribution in [1.29, 1.82) is 0 Å². The molecule has 0 aliphatic rings. The average molecular weight is 303 g/mol. The maximum absolute atomic E-state index is 12.1. The van der Waals surface area contributed by atoms with E-state index >= 15 is 0 Å². The van der Waals surface area contributed by atoms with Gasteiger partial charge in [-0.1, -0.05) is 12.1 Å². The molecule has 22 heavy (non-hydrogen) atoms. The van der Waals surface area contributed by atoms with Crippen molar-refractivity contribution in [1.82, 2.24) is 15.5 Å². The van der Waals surface area contributed by atoms with E-state index in [9.17, 15) is 9.59 Å². The third-order valence-corrected chi connectivity index (χ3v) is 3.39. The fourth-order valence-electron chi connectivity index (χ4n) is 2.33. The Balaban J connectivity index is 2.04. The molecule has 2 aromatic rings. The number of carbonyl (C=O) groups is 2. The molecule has 2 aromatic heterocycles. The Morgan fingerprint density at radius 3 is 2.73 bits per heavy atom. The highest BCUT2D eigenvalue weighted by molar-refractivity contribution is 5.96. The van der Waals surface area contributed by atoms with Crippen molar-refractivity contribution in [2.24, 2.45) is 0 Å². The molecule has 1 atom stereocenters. The minimum Gasteiger partial charge on any atom is -0.477 e. The number of aryl methyl sites for hydroxylation is 2. The van der Waals surface area contributed by atoms with Crippen molar-refractivity contribution in [2.75, 3.05) is 6.54 Å². The predicted molar refractivity (Wildman–Crippen MR) is 77.9 cm³/mol. The number of hydrogen-bond acceptors (Lipinski definition) is 5. The Hall–Kier alpha value is -2.70. The molecule has 1 unspecified atom stereocenters. The zero-order valence-electron chi connectivity index (χ0n) is 12.6. The van der Waals surface area contributed by atoms with Crippen molar-refractivity contribution in [3.8, 4) is 0 Å². The SMILES string of the molecule is Cc1noc(C)c1C(C)CNC(=O)c1ccnc(C(=O)O)c1. The summed E-state index contributed by atoms with van der Waals surface area (Å²) in [7, 11) is 0. The van der Waals surface area contributed by atoms with Gasteiger partial charge < -0.3 is 14.9 Å². The molecule has 0 saturated carbocycles. The van der Waals surface area contributed by atoms with Crippen LogP contribution in [0.5, 0.6) is 0 Å². The first kappa shape index (κ1) is 15.7. The van der Waals surface area contributed by atoms with Crippen LogP contribution < -0.4 is 5.32 Å². The van der Waals surface area contributed by atoms with Crippen molar-refractivity contribution in [2.45, 2.75) is 26.7 Å². The molecule has 0 fully saturated rings. The van der Waals surface area contributed by atoms with Crippen LogP contribution >= 0.6 is 0 Å². The van der Waals surface area contributed by atoms with Crippen molar-refractivity contribution in [3.63, 3.8) is 0 Å². The third-order valence-electron chi connectivity index (χ3n) is 3.39. The minimum absolute atomic E-state index is 0.0379. The second kappa shape index (κ2) is 6.38. The number of nitrogens with zero attached hydrogens (tertiary/aromatic N) is 2. The summed E-state index contributed by atoms with van der Waals surface area (Å²) in [6, 6.07) is 2.72. The van der Waals surface area contributed by atoms with Crippen LogP contribution in [0.3, 0.4) is 0 Å². The Labute approximate surface area is 127 Å². The molecule has 2 heterocycles. The van der Waals surface area contributed by atoms with Crippen LogP contribution in [0.15, 0.2) is 22.9 Å². The molecule has 0 saturated heterocycles. The summed E-state index contributed by atoms with van der Waals surface area (Å²) < 4.78 is 5.11. The summed E-state index contributed by atoms with van der Waals surface area (Å²) in [4.78, 5) is 26.6. The average Bonchev–Trinajstić information content (AvgIpc) is 2.83. The Kier molecular flexibility index (Phi) is 4.55. The van der Waals surface area contributed by atoms with E-state index in [2.05, 4.69) is 15.5 Å². The number of carboxylic acids is 1. The van der Waals surface area contributed by atoms with Crippen LogP contribution in [0.1, 0.15) is 50.7 Å². The van der Waals surface area contributed by atoms with E-state index in [1.165, 1.54) is 18.3 Å². The molecule has 0 aliphatic carbocycles. The van der Waals surface area contributed by atoms with Gasteiger partial charge in [0.15, 0.2) is 0 Å². The van der Waals surface area contributed by atoms with Gasteiger partial charge >= 0.3 is 5.97 Å². The highest BCUT2D eigenvalue weighted by Gasteiger charge is 2.18. The third kappa shape index (κ3) is 3.30. The standard InChI is InChI=1S/C15H17N3O4/c1-8(13-9(2)18-22-10(13)3)7-17-14(19)11-4-5-16-12(6-11)15(20)21/h4-6,8H,7H2,1-3H3,(H,17,19)(H,20,21). The lowest BCUT2D eigenvalue weighted by Crippen LogP contribution is -2.28. The number of carbonyl (C=O) groups excluding carboxylic acids is 1. The number of aromatic nitrogens is 2. The number of aromatic carboxylic acids is 1.